The van der Waals surface area contributed by atoms with Crippen LogP contribution in [0.2, 0.25) is 0 Å². The molecule has 0 spiro atoms. The second-order valence-corrected chi connectivity index (χ2v) is 3.43. The maximum atomic E-state index is 10.1. The highest BCUT2D eigenvalue weighted by Crippen LogP contribution is 2.14. The van der Waals surface area contributed by atoms with Crippen molar-refractivity contribution in [3.8, 4) is 0 Å². The molecule has 0 aromatic carbocycles. The number of likely N-dealkylation sites (tertiary alicyclic amines) is 1. The summed E-state index contributed by atoms with van der Waals surface area (Å²) in [6.07, 6.45) is 2.16. The van der Waals surface area contributed by atoms with Gasteiger partial charge in [0.05, 0.1) is 6.73 Å². The van der Waals surface area contributed by atoms with Gasteiger partial charge in [-0.2, -0.15) is 0 Å². The molecule has 0 atom stereocenters. The first-order valence-corrected chi connectivity index (χ1v) is 4.53. The topological polar surface area (TPSA) is 49.8 Å². The number of carboxylic acid groups (broad SMARTS) is 1. The van der Waals surface area contributed by atoms with Crippen molar-refractivity contribution in [1.82, 2.24) is 4.90 Å². The van der Waals surface area contributed by atoms with Crippen LogP contribution in [0.5, 0.6) is 0 Å². The Morgan fingerprint density at radius 1 is 1.54 bits per heavy atom. The molecule has 0 aliphatic carbocycles. The number of hydrogen-bond acceptors (Lipinski definition) is 3. The van der Waals surface area contributed by atoms with Gasteiger partial charge in [-0.25, -0.2) is 4.79 Å². The number of carbonyl (C=O) groups is 1. The van der Waals surface area contributed by atoms with Gasteiger partial charge in [0.2, 0.25) is 0 Å². The minimum absolute atomic E-state index is 0.204. The van der Waals surface area contributed by atoms with E-state index >= 15 is 0 Å². The van der Waals surface area contributed by atoms with Gasteiger partial charge in [-0.05, 0) is 18.8 Å². The summed E-state index contributed by atoms with van der Waals surface area (Å²) in [5, 5.41) is 8.33. The van der Waals surface area contributed by atoms with Gasteiger partial charge < -0.3 is 9.84 Å². The Labute approximate surface area is 78.5 Å². The summed E-state index contributed by atoms with van der Waals surface area (Å²) in [6.45, 7) is 6.14. The van der Waals surface area contributed by atoms with Crippen LogP contribution in [-0.2, 0) is 9.53 Å². The van der Waals surface area contributed by atoms with Gasteiger partial charge in [-0.15, -0.1) is 0 Å². The highest BCUT2D eigenvalue weighted by atomic mass is 16.5. The van der Waals surface area contributed by atoms with Crippen LogP contribution < -0.4 is 0 Å². The number of piperidine rings is 1. The van der Waals surface area contributed by atoms with E-state index in [9.17, 15) is 4.79 Å². The Balaban J connectivity index is 2.05. The smallest absolute Gasteiger partial charge is 0.329 e. The van der Waals surface area contributed by atoms with Gasteiger partial charge in [-0.3, -0.25) is 4.90 Å². The van der Waals surface area contributed by atoms with Crippen LogP contribution in [0.1, 0.15) is 12.8 Å². The van der Waals surface area contributed by atoms with Crippen LogP contribution >= 0.6 is 0 Å². The third-order valence-electron chi connectivity index (χ3n) is 2.21. The minimum Gasteiger partial charge on any atom is -0.480 e. The molecule has 13 heavy (non-hydrogen) atoms. The SMILES string of the molecule is [CH2]C1CCN(COCC(=O)O)CC1. The van der Waals surface area contributed by atoms with Gasteiger partial charge >= 0.3 is 5.97 Å². The van der Waals surface area contributed by atoms with Crippen molar-refractivity contribution in [1.29, 1.82) is 0 Å². The third kappa shape index (κ3) is 4.24. The molecule has 1 fully saturated rings. The standard InChI is InChI=1S/C9H16NO3/c1-8-2-4-10(5-3-8)7-13-6-9(11)12/h8H,1-7H2,(H,11,12). The Morgan fingerprint density at radius 2 is 2.15 bits per heavy atom. The van der Waals surface area contributed by atoms with Crippen molar-refractivity contribution in [3.63, 3.8) is 0 Å². The van der Waals surface area contributed by atoms with Crippen LogP contribution in [0.25, 0.3) is 0 Å². The van der Waals surface area contributed by atoms with Crippen molar-refractivity contribution < 1.29 is 14.6 Å². The highest BCUT2D eigenvalue weighted by molar-refractivity contribution is 5.67. The average molecular weight is 186 g/mol. The van der Waals surface area contributed by atoms with E-state index in [1.807, 2.05) is 0 Å². The van der Waals surface area contributed by atoms with E-state index in [0.29, 0.717) is 12.6 Å². The van der Waals surface area contributed by atoms with E-state index in [2.05, 4.69) is 11.8 Å². The maximum Gasteiger partial charge on any atom is 0.329 e. The Hall–Kier alpha value is -0.610. The van der Waals surface area contributed by atoms with Gasteiger partial charge in [0.25, 0.3) is 0 Å². The van der Waals surface area contributed by atoms with E-state index in [0.717, 1.165) is 25.9 Å². The second-order valence-electron chi connectivity index (χ2n) is 3.43. The van der Waals surface area contributed by atoms with Crippen LogP contribution in [0.3, 0.4) is 0 Å². The molecule has 1 aliphatic heterocycles. The largest absolute Gasteiger partial charge is 0.480 e. The predicted molar refractivity (Wildman–Crippen MR) is 48.1 cm³/mol. The Kier molecular flexibility index (Phi) is 4.18. The first-order valence-electron chi connectivity index (χ1n) is 4.53. The molecular formula is C9H16NO3. The predicted octanol–water partition coefficient (Wildman–Crippen LogP) is 0.591. The first kappa shape index (κ1) is 10.5. The summed E-state index contributed by atoms with van der Waals surface area (Å²) in [4.78, 5) is 12.3. The summed E-state index contributed by atoms with van der Waals surface area (Å²) in [6, 6.07) is 0. The van der Waals surface area contributed by atoms with Gasteiger partial charge in [0.15, 0.2) is 0 Å². The first-order chi connectivity index (χ1) is 6.18. The summed E-state index contributed by atoms with van der Waals surface area (Å²) in [5.41, 5.74) is 0. The monoisotopic (exact) mass is 186 g/mol. The number of aliphatic carboxylic acids is 1. The molecule has 1 heterocycles. The fraction of sp³-hybridized carbons (Fsp3) is 0.778. The molecular weight excluding hydrogens is 170 g/mol. The van der Waals surface area contributed by atoms with E-state index < -0.39 is 5.97 Å². The molecule has 1 rings (SSSR count). The van der Waals surface area contributed by atoms with Crippen molar-refractivity contribution in [2.45, 2.75) is 12.8 Å². The van der Waals surface area contributed by atoms with Crippen LogP contribution in [-0.4, -0.2) is 42.4 Å². The molecule has 1 saturated heterocycles. The zero-order chi connectivity index (χ0) is 9.68. The van der Waals surface area contributed by atoms with E-state index in [1.54, 1.807) is 0 Å². The molecule has 1 aliphatic rings. The number of hydrogen-bond donors (Lipinski definition) is 1. The van der Waals surface area contributed by atoms with E-state index in [1.165, 1.54) is 0 Å². The lowest BCUT2D eigenvalue weighted by Crippen LogP contribution is -2.35. The zero-order valence-electron chi connectivity index (χ0n) is 7.74. The molecule has 1 radical (unpaired) electrons. The second kappa shape index (κ2) is 5.19. The maximum absolute atomic E-state index is 10.1. The van der Waals surface area contributed by atoms with Crippen molar-refractivity contribution in [3.05, 3.63) is 6.92 Å². The normalized spacial score (nSPS) is 20.4. The molecule has 1 N–H and O–H groups in total. The van der Waals surface area contributed by atoms with Crippen molar-refractivity contribution >= 4 is 5.97 Å². The Morgan fingerprint density at radius 3 is 2.69 bits per heavy atom. The molecule has 0 aromatic rings. The van der Waals surface area contributed by atoms with Crippen LogP contribution in [0.4, 0.5) is 0 Å². The minimum atomic E-state index is -0.910. The number of nitrogens with zero attached hydrogens (tertiary/aromatic N) is 1. The summed E-state index contributed by atoms with van der Waals surface area (Å²) in [7, 11) is 0. The quantitative estimate of drug-likeness (QED) is 0.698. The van der Waals surface area contributed by atoms with Gasteiger partial charge in [0.1, 0.15) is 6.61 Å². The average Bonchev–Trinajstić information content (AvgIpc) is 2.08. The van der Waals surface area contributed by atoms with E-state index in [-0.39, 0.29) is 6.61 Å². The molecule has 4 heteroatoms. The summed E-state index contributed by atoms with van der Waals surface area (Å²) in [5.74, 6) is -0.359. The summed E-state index contributed by atoms with van der Waals surface area (Å²) >= 11 is 0. The van der Waals surface area contributed by atoms with Gasteiger partial charge in [0, 0.05) is 13.1 Å². The van der Waals surface area contributed by atoms with Crippen LogP contribution in [0.15, 0.2) is 0 Å². The molecule has 0 bridgehead atoms. The molecule has 0 saturated carbocycles. The molecule has 0 unspecified atom stereocenters. The highest BCUT2D eigenvalue weighted by Gasteiger charge is 2.15. The van der Waals surface area contributed by atoms with Crippen molar-refractivity contribution in [2.75, 3.05) is 26.4 Å². The Bertz CT molecular complexity index is 164. The fourth-order valence-corrected chi connectivity index (χ4v) is 1.38. The number of rotatable bonds is 4. The zero-order valence-corrected chi connectivity index (χ0v) is 7.74. The molecule has 75 valence electrons. The number of carboxylic acids is 1. The molecule has 0 aromatic heterocycles. The lowest BCUT2D eigenvalue weighted by molar-refractivity contribution is -0.144. The summed E-state index contributed by atoms with van der Waals surface area (Å²) < 4.78 is 4.98. The lowest BCUT2D eigenvalue weighted by atomic mass is 10.00. The molecule has 4 nitrogen and oxygen atoms in total. The third-order valence-corrected chi connectivity index (χ3v) is 2.21. The van der Waals surface area contributed by atoms with Crippen molar-refractivity contribution in [2.24, 2.45) is 5.92 Å². The molecule has 0 amide bonds. The van der Waals surface area contributed by atoms with E-state index in [4.69, 9.17) is 9.84 Å². The van der Waals surface area contributed by atoms with Crippen LogP contribution in [0, 0.1) is 12.8 Å². The fourth-order valence-electron chi connectivity index (χ4n) is 1.38. The number of ether oxygens (including phenoxy) is 1. The lowest BCUT2D eigenvalue weighted by Gasteiger charge is -2.29. The van der Waals surface area contributed by atoms with Gasteiger partial charge in [-0.1, -0.05) is 6.92 Å².